The van der Waals surface area contributed by atoms with Gasteiger partial charge in [0.2, 0.25) is 0 Å². The standard InChI is InChI=1S/C13H15N3O3S/c1-9-7-10(17)8-11(19-9)12(18)14-4-6-20-13-15-3-5-16(13)2/h3,5,7-8H,4,6H2,1-2H3,(H,14,18). The molecule has 106 valence electrons. The minimum atomic E-state index is -0.383. The second-order valence-electron chi connectivity index (χ2n) is 4.19. The molecule has 0 saturated heterocycles. The molecule has 0 fully saturated rings. The molecule has 0 aliphatic heterocycles. The van der Waals surface area contributed by atoms with Crippen LogP contribution in [0.2, 0.25) is 0 Å². The van der Waals surface area contributed by atoms with E-state index in [1.54, 1.807) is 24.9 Å². The first kappa shape index (κ1) is 14.4. The van der Waals surface area contributed by atoms with E-state index in [0.717, 1.165) is 5.16 Å². The number of carbonyl (C=O) groups is 1. The highest BCUT2D eigenvalue weighted by Gasteiger charge is 2.09. The number of imidazole rings is 1. The Hall–Kier alpha value is -2.02. The Labute approximate surface area is 120 Å². The lowest BCUT2D eigenvalue weighted by atomic mass is 10.3. The van der Waals surface area contributed by atoms with Gasteiger partial charge in [-0.3, -0.25) is 9.59 Å². The summed E-state index contributed by atoms with van der Waals surface area (Å²) in [6.07, 6.45) is 3.59. The van der Waals surface area contributed by atoms with E-state index in [1.807, 2.05) is 17.8 Å². The fourth-order valence-electron chi connectivity index (χ4n) is 1.60. The van der Waals surface area contributed by atoms with Crippen LogP contribution in [-0.2, 0) is 7.05 Å². The maximum atomic E-state index is 11.8. The minimum Gasteiger partial charge on any atom is -0.456 e. The lowest BCUT2D eigenvalue weighted by Gasteiger charge is -2.05. The topological polar surface area (TPSA) is 77.1 Å². The predicted molar refractivity (Wildman–Crippen MR) is 76.0 cm³/mol. The van der Waals surface area contributed by atoms with Gasteiger partial charge in [-0.2, -0.15) is 0 Å². The Morgan fingerprint density at radius 2 is 2.30 bits per heavy atom. The van der Waals surface area contributed by atoms with Crippen LogP contribution in [0.1, 0.15) is 16.3 Å². The summed E-state index contributed by atoms with van der Waals surface area (Å²) in [5.74, 6) is 0.764. The van der Waals surface area contributed by atoms with Crippen LogP contribution < -0.4 is 10.7 Å². The molecule has 6 nitrogen and oxygen atoms in total. The van der Waals surface area contributed by atoms with Gasteiger partial charge in [0.25, 0.3) is 5.91 Å². The summed E-state index contributed by atoms with van der Waals surface area (Å²) in [5.41, 5.74) is -0.235. The molecule has 2 aromatic rings. The molecule has 0 saturated carbocycles. The summed E-state index contributed by atoms with van der Waals surface area (Å²) in [6, 6.07) is 2.53. The van der Waals surface area contributed by atoms with Crippen molar-refractivity contribution < 1.29 is 9.21 Å². The number of rotatable bonds is 5. The van der Waals surface area contributed by atoms with Gasteiger partial charge in [0.1, 0.15) is 5.76 Å². The number of aryl methyl sites for hydroxylation is 2. The van der Waals surface area contributed by atoms with Crippen LogP contribution in [0.25, 0.3) is 0 Å². The number of aromatic nitrogens is 2. The highest BCUT2D eigenvalue weighted by molar-refractivity contribution is 7.99. The van der Waals surface area contributed by atoms with E-state index >= 15 is 0 Å². The average molecular weight is 293 g/mol. The van der Waals surface area contributed by atoms with Crippen LogP contribution in [0.3, 0.4) is 0 Å². The second-order valence-corrected chi connectivity index (χ2v) is 5.26. The number of amides is 1. The Morgan fingerprint density at radius 3 is 2.95 bits per heavy atom. The van der Waals surface area contributed by atoms with Crippen LogP contribution in [0, 0.1) is 6.92 Å². The van der Waals surface area contributed by atoms with Gasteiger partial charge in [-0.15, -0.1) is 0 Å². The number of hydrogen-bond donors (Lipinski definition) is 1. The van der Waals surface area contributed by atoms with Crippen molar-refractivity contribution in [1.29, 1.82) is 0 Å². The Morgan fingerprint density at radius 1 is 1.50 bits per heavy atom. The molecule has 0 unspecified atom stereocenters. The van der Waals surface area contributed by atoms with Gasteiger partial charge in [-0.05, 0) is 6.92 Å². The fourth-order valence-corrected chi connectivity index (χ4v) is 2.39. The first-order chi connectivity index (χ1) is 9.56. The van der Waals surface area contributed by atoms with E-state index in [0.29, 0.717) is 18.1 Å². The summed E-state index contributed by atoms with van der Waals surface area (Å²) in [6.45, 7) is 2.10. The Bertz CT molecular complexity index is 663. The molecule has 1 amide bonds. The number of hydrogen-bond acceptors (Lipinski definition) is 5. The molecule has 0 bridgehead atoms. The predicted octanol–water partition coefficient (Wildman–Crippen LogP) is 1.20. The first-order valence-corrected chi connectivity index (χ1v) is 7.05. The van der Waals surface area contributed by atoms with E-state index in [4.69, 9.17) is 4.42 Å². The van der Waals surface area contributed by atoms with Crippen molar-refractivity contribution in [1.82, 2.24) is 14.9 Å². The molecule has 20 heavy (non-hydrogen) atoms. The third kappa shape index (κ3) is 3.74. The summed E-state index contributed by atoms with van der Waals surface area (Å²) in [7, 11) is 1.91. The third-order valence-corrected chi connectivity index (χ3v) is 3.57. The van der Waals surface area contributed by atoms with E-state index in [2.05, 4.69) is 10.3 Å². The van der Waals surface area contributed by atoms with Crippen LogP contribution in [0.15, 0.2) is 38.9 Å². The molecule has 0 spiro atoms. The third-order valence-electron chi connectivity index (χ3n) is 2.51. The maximum absolute atomic E-state index is 11.8. The second kappa shape index (κ2) is 6.42. The maximum Gasteiger partial charge on any atom is 0.287 e. The molecule has 1 N–H and O–H groups in total. The van der Waals surface area contributed by atoms with Crippen molar-refractivity contribution >= 4 is 17.7 Å². The Balaban J connectivity index is 1.83. The zero-order valence-corrected chi connectivity index (χ0v) is 12.1. The van der Waals surface area contributed by atoms with Gasteiger partial charge < -0.3 is 14.3 Å². The monoisotopic (exact) mass is 293 g/mol. The van der Waals surface area contributed by atoms with Crippen LogP contribution in [0.5, 0.6) is 0 Å². The quantitative estimate of drug-likeness (QED) is 0.662. The number of nitrogens with zero attached hydrogens (tertiary/aromatic N) is 2. The number of carbonyl (C=O) groups excluding carboxylic acids is 1. The van der Waals surface area contributed by atoms with Crippen molar-refractivity contribution in [3.05, 3.63) is 46.3 Å². The van der Waals surface area contributed by atoms with E-state index in [-0.39, 0.29) is 17.1 Å². The minimum absolute atomic E-state index is 0.0389. The van der Waals surface area contributed by atoms with Crippen molar-refractivity contribution in [2.75, 3.05) is 12.3 Å². The van der Waals surface area contributed by atoms with E-state index in [9.17, 15) is 9.59 Å². The zero-order valence-electron chi connectivity index (χ0n) is 11.3. The van der Waals surface area contributed by atoms with Gasteiger partial charge in [-0.25, -0.2) is 4.98 Å². The Kier molecular flexibility index (Phi) is 4.62. The molecule has 2 aromatic heterocycles. The van der Waals surface area contributed by atoms with Crippen LogP contribution in [-0.4, -0.2) is 27.8 Å². The highest BCUT2D eigenvalue weighted by atomic mass is 32.2. The van der Waals surface area contributed by atoms with Gasteiger partial charge in [-0.1, -0.05) is 11.8 Å². The van der Waals surface area contributed by atoms with Crippen LogP contribution in [0.4, 0.5) is 0 Å². The molecule has 0 radical (unpaired) electrons. The molecule has 2 rings (SSSR count). The normalized spacial score (nSPS) is 10.5. The molecule has 0 atom stereocenters. The molecule has 0 aliphatic rings. The van der Waals surface area contributed by atoms with Gasteiger partial charge in [0, 0.05) is 43.9 Å². The summed E-state index contributed by atoms with van der Waals surface area (Å²) >= 11 is 1.54. The van der Waals surface area contributed by atoms with Crippen molar-refractivity contribution in [2.45, 2.75) is 12.1 Å². The van der Waals surface area contributed by atoms with Crippen molar-refractivity contribution in [3.63, 3.8) is 0 Å². The zero-order chi connectivity index (χ0) is 14.5. The average Bonchev–Trinajstić information content (AvgIpc) is 2.79. The van der Waals surface area contributed by atoms with Gasteiger partial charge in [0.15, 0.2) is 16.3 Å². The van der Waals surface area contributed by atoms with E-state index < -0.39 is 0 Å². The van der Waals surface area contributed by atoms with E-state index in [1.165, 1.54) is 12.1 Å². The van der Waals surface area contributed by atoms with Crippen molar-refractivity contribution in [2.24, 2.45) is 7.05 Å². The van der Waals surface area contributed by atoms with Gasteiger partial charge in [0.05, 0.1) is 0 Å². The molecule has 2 heterocycles. The summed E-state index contributed by atoms with van der Waals surface area (Å²) in [5, 5.41) is 3.60. The van der Waals surface area contributed by atoms with Gasteiger partial charge >= 0.3 is 0 Å². The SMILES string of the molecule is Cc1cc(=O)cc(C(=O)NCCSc2nccn2C)o1. The first-order valence-electron chi connectivity index (χ1n) is 6.06. The molecule has 7 heteroatoms. The smallest absolute Gasteiger partial charge is 0.287 e. The summed E-state index contributed by atoms with van der Waals surface area (Å²) in [4.78, 5) is 27.3. The van der Waals surface area contributed by atoms with Crippen LogP contribution >= 0.6 is 11.8 Å². The van der Waals surface area contributed by atoms with Crippen molar-refractivity contribution in [3.8, 4) is 0 Å². The lowest BCUT2D eigenvalue weighted by molar-refractivity contribution is 0.0924. The number of nitrogens with one attached hydrogen (secondary N) is 1. The fraction of sp³-hybridized carbons (Fsp3) is 0.308. The molecular formula is C13H15N3O3S. The molecular weight excluding hydrogens is 278 g/mol. The molecule has 0 aliphatic carbocycles. The lowest BCUT2D eigenvalue weighted by Crippen LogP contribution is -2.26. The summed E-state index contributed by atoms with van der Waals surface area (Å²) < 4.78 is 7.12. The largest absolute Gasteiger partial charge is 0.456 e. The molecule has 0 aromatic carbocycles. The number of thioether (sulfide) groups is 1. The highest BCUT2D eigenvalue weighted by Crippen LogP contribution is 2.13.